The number of nitrogens with zero attached hydrogens (tertiary/aromatic N) is 4. The van der Waals surface area contributed by atoms with Crippen LogP contribution < -0.4 is 14.4 Å². The summed E-state index contributed by atoms with van der Waals surface area (Å²) in [5.41, 5.74) is 2.85. The highest BCUT2D eigenvalue weighted by Gasteiger charge is 2.35. The van der Waals surface area contributed by atoms with E-state index < -0.39 is 6.23 Å². The van der Waals surface area contributed by atoms with E-state index in [1.807, 2.05) is 62.4 Å². The average Bonchev–Trinajstić information content (AvgIpc) is 2.99. The van der Waals surface area contributed by atoms with Crippen LogP contribution in [0.3, 0.4) is 0 Å². The fraction of sp³-hybridized carbons (Fsp3) is 0.360. The molecule has 2 aromatic carbocycles. The highest BCUT2D eigenvalue weighted by molar-refractivity contribution is 7.99. The van der Waals surface area contributed by atoms with Gasteiger partial charge in [0.25, 0.3) is 0 Å². The number of para-hydroxylation sites is 1. The third-order valence-electron chi connectivity index (χ3n) is 5.29. The molecule has 8 heteroatoms. The van der Waals surface area contributed by atoms with E-state index in [0.717, 1.165) is 41.2 Å². The minimum absolute atomic E-state index is 0.0559. The Morgan fingerprint density at radius 3 is 2.61 bits per heavy atom. The molecule has 0 unspecified atom stereocenters. The van der Waals surface area contributed by atoms with Crippen molar-refractivity contribution in [1.29, 1.82) is 0 Å². The zero-order valence-electron chi connectivity index (χ0n) is 19.2. The maximum absolute atomic E-state index is 13.2. The molecule has 1 aliphatic rings. The smallest absolute Gasteiger partial charge is 0.247 e. The van der Waals surface area contributed by atoms with Crippen molar-refractivity contribution in [3.8, 4) is 22.9 Å². The topological polar surface area (TPSA) is 77.4 Å². The van der Waals surface area contributed by atoms with Crippen LogP contribution in [-0.4, -0.2) is 33.4 Å². The van der Waals surface area contributed by atoms with Gasteiger partial charge in [0, 0.05) is 17.5 Å². The lowest BCUT2D eigenvalue weighted by molar-refractivity contribution is -0.120. The molecule has 1 atom stereocenters. The van der Waals surface area contributed by atoms with Gasteiger partial charge in [0.1, 0.15) is 5.75 Å². The molecule has 0 saturated carbocycles. The first-order valence-corrected chi connectivity index (χ1v) is 12.3. The minimum Gasteiger partial charge on any atom is -0.494 e. The van der Waals surface area contributed by atoms with E-state index in [2.05, 4.69) is 22.1 Å². The first-order valence-electron chi connectivity index (χ1n) is 11.3. The first-order chi connectivity index (χ1) is 16.2. The van der Waals surface area contributed by atoms with Crippen LogP contribution in [0, 0.1) is 0 Å². The molecule has 0 fully saturated rings. The van der Waals surface area contributed by atoms with E-state index in [4.69, 9.17) is 9.47 Å². The number of ether oxygens (including phenoxy) is 2. The summed E-state index contributed by atoms with van der Waals surface area (Å²) in [5.74, 6) is 1.92. The van der Waals surface area contributed by atoms with Crippen molar-refractivity contribution >= 4 is 23.4 Å². The number of fused-ring (bicyclic) bond motifs is 3. The van der Waals surface area contributed by atoms with Crippen LogP contribution in [0.4, 0.5) is 5.69 Å². The molecule has 0 aliphatic carbocycles. The number of hydrogen-bond donors (Lipinski definition) is 0. The second-order valence-corrected chi connectivity index (χ2v) is 8.79. The Labute approximate surface area is 198 Å². The molecule has 1 aliphatic heterocycles. The molecule has 1 amide bonds. The summed E-state index contributed by atoms with van der Waals surface area (Å²) in [6.07, 6.45) is 1.72. The van der Waals surface area contributed by atoms with Gasteiger partial charge in [-0.3, -0.25) is 9.69 Å². The summed E-state index contributed by atoms with van der Waals surface area (Å²) in [7, 11) is 0. The third kappa shape index (κ3) is 4.95. The van der Waals surface area contributed by atoms with Crippen molar-refractivity contribution < 1.29 is 14.3 Å². The van der Waals surface area contributed by atoms with Gasteiger partial charge in [0.2, 0.25) is 23.2 Å². The van der Waals surface area contributed by atoms with Gasteiger partial charge in [0.05, 0.1) is 12.3 Å². The summed E-state index contributed by atoms with van der Waals surface area (Å²) in [4.78, 5) is 19.5. The number of anilines is 1. The Morgan fingerprint density at radius 1 is 1.09 bits per heavy atom. The van der Waals surface area contributed by atoms with Crippen molar-refractivity contribution in [2.45, 2.75) is 51.4 Å². The Kier molecular flexibility index (Phi) is 7.44. The molecule has 3 aromatic rings. The van der Waals surface area contributed by atoms with E-state index in [-0.39, 0.29) is 5.91 Å². The summed E-state index contributed by atoms with van der Waals surface area (Å²) < 4.78 is 12.2. The highest BCUT2D eigenvalue weighted by Crippen LogP contribution is 2.43. The summed E-state index contributed by atoms with van der Waals surface area (Å²) in [5, 5.41) is 9.23. The maximum atomic E-state index is 13.2. The van der Waals surface area contributed by atoms with Crippen molar-refractivity contribution in [3.05, 3.63) is 54.1 Å². The van der Waals surface area contributed by atoms with Crippen molar-refractivity contribution in [3.63, 3.8) is 0 Å². The van der Waals surface area contributed by atoms with Crippen LogP contribution in [-0.2, 0) is 4.79 Å². The van der Waals surface area contributed by atoms with Gasteiger partial charge in [-0.2, -0.15) is 4.98 Å². The molecule has 0 spiro atoms. The van der Waals surface area contributed by atoms with Crippen molar-refractivity contribution in [2.75, 3.05) is 17.3 Å². The summed E-state index contributed by atoms with van der Waals surface area (Å²) in [6.45, 7) is 6.69. The van der Waals surface area contributed by atoms with Crippen LogP contribution in [0.2, 0.25) is 0 Å². The number of hydrogen-bond acceptors (Lipinski definition) is 7. The third-order valence-corrected chi connectivity index (χ3v) is 6.01. The highest BCUT2D eigenvalue weighted by atomic mass is 32.2. The number of unbranched alkanes of at least 4 members (excludes halogenated alkanes) is 1. The van der Waals surface area contributed by atoms with Gasteiger partial charge >= 0.3 is 0 Å². The largest absolute Gasteiger partial charge is 0.494 e. The minimum atomic E-state index is -0.694. The normalized spacial score (nSPS) is 14.6. The molecule has 0 bridgehead atoms. The van der Waals surface area contributed by atoms with E-state index in [1.54, 1.807) is 4.90 Å². The lowest BCUT2D eigenvalue weighted by Gasteiger charge is -2.30. The van der Waals surface area contributed by atoms with Crippen LogP contribution >= 0.6 is 11.8 Å². The first kappa shape index (κ1) is 23.0. The van der Waals surface area contributed by atoms with Gasteiger partial charge < -0.3 is 9.47 Å². The monoisotopic (exact) mass is 464 g/mol. The van der Waals surface area contributed by atoms with Crippen LogP contribution in [0.15, 0.2) is 53.7 Å². The number of rotatable bonds is 8. The van der Waals surface area contributed by atoms with Crippen molar-refractivity contribution in [2.24, 2.45) is 0 Å². The molecular weight excluding hydrogens is 436 g/mol. The molecular formula is C25H28N4O3S. The van der Waals surface area contributed by atoms with E-state index in [1.165, 1.54) is 11.8 Å². The molecule has 172 valence electrons. The fourth-order valence-electron chi connectivity index (χ4n) is 3.62. The van der Waals surface area contributed by atoms with Gasteiger partial charge in [-0.1, -0.05) is 57.2 Å². The Hall–Kier alpha value is -3.13. The van der Waals surface area contributed by atoms with E-state index in [9.17, 15) is 4.79 Å². The number of benzene rings is 2. The molecule has 0 N–H and O–H groups in total. The zero-order chi connectivity index (χ0) is 23.2. The van der Waals surface area contributed by atoms with Gasteiger partial charge in [-0.05, 0) is 42.5 Å². The predicted molar refractivity (Wildman–Crippen MR) is 130 cm³/mol. The van der Waals surface area contributed by atoms with Crippen LogP contribution in [0.1, 0.15) is 51.8 Å². The van der Waals surface area contributed by atoms with Gasteiger partial charge in [-0.15, -0.1) is 10.2 Å². The molecule has 7 nitrogen and oxygen atoms in total. The van der Waals surface area contributed by atoms with E-state index >= 15 is 0 Å². The van der Waals surface area contributed by atoms with Gasteiger partial charge in [-0.25, -0.2) is 0 Å². The standard InChI is InChI=1S/C25H28N4O3S/c1-4-7-16-31-18-14-12-17(13-15-18)24-29(21(30)5-2)20-11-9-8-10-19(20)22-23(32-24)26-25(28-27-22)33-6-3/h8-15,24H,4-7,16H2,1-3H3/t24-/m1/s1. The molecule has 2 heterocycles. The zero-order valence-corrected chi connectivity index (χ0v) is 20.0. The van der Waals surface area contributed by atoms with Gasteiger partial charge in [0.15, 0.2) is 5.69 Å². The Morgan fingerprint density at radius 2 is 1.88 bits per heavy atom. The van der Waals surface area contributed by atoms with E-state index in [0.29, 0.717) is 29.8 Å². The number of thioether (sulfide) groups is 1. The molecule has 1 aromatic heterocycles. The maximum Gasteiger partial charge on any atom is 0.247 e. The lowest BCUT2D eigenvalue weighted by Crippen LogP contribution is -2.37. The second-order valence-electron chi connectivity index (χ2n) is 7.56. The SMILES string of the molecule is CCCCOc1ccc([C@H]2Oc3nc(SCC)nnc3-c3ccccc3N2C(=O)CC)cc1. The number of amides is 1. The molecule has 0 radical (unpaired) electrons. The second kappa shape index (κ2) is 10.7. The number of carbonyl (C=O) groups excluding carboxylic acids is 1. The molecule has 4 rings (SSSR count). The molecule has 33 heavy (non-hydrogen) atoms. The predicted octanol–water partition coefficient (Wildman–Crippen LogP) is 5.66. The summed E-state index contributed by atoms with van der Waals surface area (Å²) in [6, 6.07) is 15.3. The quantitative estimate of drug-likeness (QED) is 0.314. The number of carbonyl (C=O) groups is 1. The molecule has 0 saturated heterocycles. The Balaban J connectivity index is 1.79. The van der Waals surface area contributed by atoms with Crippen LogP contribution in [0.5, 0.6) is 11.6 Å². The van der Waals surface area contributed by atoms with Crippen molar-refractivity contribution in [1.82, 2.24) is 15.2 Å². The lowest BCUT2D eigenvalue weighted by atomic mass is 10.1. The summed E-state index contributed by atoms with van der Waals surface area (Å²) >= 11 is 1.49. The fourth-order valence-corrected chi connectivity index (χ4v) is 4.13. The average molecular weight is 465 g/mol. The Bertz CT molecular complexity index is 1110. The van der Waals surface area contributed by atoms with Crippen LogP contribution in [0.25, 0.3) is 11.3 Å². The number of aromatic nitrogens is 3.